The first-order chi connectivity index (χ1) is 9.66. The van der Waals surface area contributed by atoms with Crippen LogP contribution in [0.15, 0.2) is 24.3 Å². The quantitative estimate of drug-likeness (QED) is 0.866. The van der Waals surface area contributed by atoms with Gasteiger partial charge in [0.15, 0.2) is 0 Å². The molecule has 1 fully saturated rings. The molecule has 108 valence electrons. The van der Waals surface area contributed by atoms with Crippen LogP contribution in [0.3, 0.4) is 0 Å². The van der Waals surface area contributed by atoms with Crippen molar-refractivity contribution in [2.75, 3.05) is 6.54 Å². The van der Waals surface area contributed by atoms with Crippen molar-refractivity contribution in [1.29, 1.82) is 0 Å². The number of benzene rings is 1. The van der Waals surface area contributed by atoms with Gasteiger partial charge in [0.1, 0.15) is 0 Å². The highest BCUT2D eigenvalue weighted by Crippen LogP contribution is 2.33. The topological polar surface area (TPSA) is 60.8 Å². The lowest BCUT2D eigenvalue weighted by atomic mass is 9.85. The van der Waals surface area contributed by atoms with E-state index in [9.17, 15) is 15.0 Å². The van der Waals surface area contributed by atoms with Crippen LogP contribution in [0.4, 0.5) is 0 Å². The minimum absolute atomic E-state index is 0.110. The maximum atomic E-state index is 11.5. The van der Waals surface area contributed by atoms with Crippen molar-refractivity contribution in [2.45, 2.75) is 50.3 Å². The second kappa shape index (κ2) is 5.54. The van der Waals surface area contributed by atoms with Crippen LogP contribution >= 0.6 is 0 Å². The normalized spacial score (nSPS) is 30.8. The van der Waals surface area contributed by atoms with E-state index in [2.05, 4.69) is 4.90 Å². The summed E-state index contributed by atoms with van der Waals surface area (Å²) >= 11 is 0. The highest BCUT2D eigenvalue weighted by atomic mass is 16.4. The minimum Gasteiger partial charge on any atom is -0.481 e. The van der Waals surface area contributed by atoms with Crippen LogP contribution in [0.1, 0.15) is 42.7 Å². The minimum atomic E-state index is -0.771. The molecule has 0 spiro atoms. The van der Waals surface area contributed by atoms with Crippen molar-refractivity contribution in [2.24, 2.45) is 0 Å². The first-order valence-corrected chi connectivity index (χ1v) is 7.39. The summed E-state index contributed by atoms with van der Waals surface area (Å²) in [5.74, 6) is -1.25. The first-order valence-electron chi connectivity index (χ1n) is 7.39. The number of aliphatic hydroxyl groups is 1. The average molecular weight is 275 g/mol. The summed E-state index contributed by atoms with van der Waals surface area (Å²) in [7, 11) is 0. The Morgan fingerprint density at radius 3 is 2.70 bits per heavy atom. The zero-order valence-electron chi connectivity index (χ0n) is 11.5. The molecule has 1 aliphatic heterocycles. The van der Waals surface area contributed by atoms with Gasteiger partial charge >= 0.3 is 5.97 Å². The summed E-state index contributed by atoms with van der Waals surface area (Å²) in [6.45, 7) is 1.26. The summed E-state index contributed by atoms with van der Waals surface area (Å²) in [6, 6.07) is 7.90. The third kappa shape index (κ3) is 2.45. The van der Waals surface area contributed by atoms with E-state index >= 15 is 0 Å². The summed E-state index contributed by atoms with van der Waals surface area (Å²) in [5, 5.41) is 19.7. The lowest BCUT2D eigenvalue weighted by Gasteiger charge is -2.42. The number of aliphatic hydroxyl groups excluding tert-OH is 1. The third-order valence-corrected chi connectivity index (χ3v) is 4.68. The van der Waals surface area contributed by atoms with E-state index in [-0.39, 0.29) is 12.1 Å². The number of fused-ring (bicyclic) bond motifs is 1. The Kier molecular flexibility index (Phi) is 3.76. The van der Waals surface area contributed by atoms with Gasteiger partial charge in [-0.05, 0) is 24.0 Å². The van der Waals surface area contributed by atoms with Crippen molar-refractivity contribution in [3.63, 3.8) is 0 Å². The Morgan fingerprint density at radius 1 is 1.20 bits per heavy atom. The monoisotopic (exact) mass is 275 g/mol. The summed E-state index contributed by atoms with van der Waals surface area (Å²) in [6.07, 6.45) is 3.68. The SMILES string of the molecule is O=C(O)C1CN(C2CCCCC2O)Cc2ccccc21. The number of hydrogen-bond acceptors (Lipinski definition) is 3. The van der Waals surface area contributed by atoms with Crippen LogP contribution < -0.4 is 0 Å². The van der Waals surface area contributed by atoms with Gasteiger partial charge in [0.25, 0.3) is 0 Å². The standard InChI is InChI=1S/C16H21NO3/c18-15-8-4-3-7-14(15)17-9-11-5-1-2-6-12(11)13(10-17)16(19)20/h1-2,5-6,13-15,18H,3-4,7-10H2,(H,19,20). The zero-order valence-corrected chi connectivity index (χ0v) is 11.5. The van der Waals surface area contributed by atoms with Crippen LogP contribution in [0.5, 0.6) is 0 Å². The maximum Gasteiger partial charge on any atom is 0.312 e. The molecule has 3 unspecified atom stereocenters. The van der Waals surface area contributed by atoms with Gasteiger partial charge in [-0.2, -0.15) is 0 Å². The molecule has 2 aliphatic rings. The first kappa shape index (κ1) is 13.6. The molecular formula is C16H21NO3. The number of hydrogen-bond donors (Lipinski definition) is 2. The fourth-order valence-electron chi connectivity index (χ4n) is 3.62. The van der Waals surface area contributed by atoms with E-state index in [0.717, 1.165) is 43.4 Å². The average Bonchev–Trinajstić information content (AvgIpc) is 2.46. The fraction of sp³-hybridized carbons (Fsp3) is 0.562. The molecule has 1 heterocycles. The largest absolute Gasteiger partial charge is 0.481 e. The van der Waals surface area contributed by atoms with E-state index in [0.29, 0.717) is 6.54 Å². The van der Waals surface area contributed by atoms with Gasteiger partial charge in [0.2, 0.25) is 0 Å². The lowest BCUT2D eigenvalue weighted by Crippen LogP contribution is -2.49. The second-order valence-corrected chi connectivity index (χ2v) is 5.94. The third-order valence-electron chi connectivity index (χ3n) is 4.68. The molecule has 0 amide bonds. The molecule has 0 saturated heterocycles. The molecule has 4 heteroatoms. The van der Waals surface area contributed by atoms with Gasteiger partial charge in [-0.25, -0.2) is 0 Å². The van der Waals surface area contributed by atoms with E-state index in [1.165, 1.54) is 0 Å². The van der Waals surface area contributed by atoms with Crippen molar-refractivity contribution in [3.8, 4) is 0 Å². The fourth-order valence-corrected chi connectivity index (χ4v) is 3.62. The molecule has 1 aromatic carbocycles. The summed E-state index contributed by atoms with van der Waals surface area (Å²) < 4.78 is 0. The number of carboxylic acid groups (broad SMARTS) is 1. The highest BCUT2D eigenvalue weighted by Gasteiger charge is 2.36. The van der Waals surface area contributed by atoms with Crippen LogP contribution in [0.25, 0.3) is 0 Å². The molecule has 1 saturated carbocycles. The molecule has 0 bridgehead atoms. The Morgan fingerprint density at radius 2 is 1.95 bits per heavy atom. The molecule has 20 heavy (non-hydrogen) atoms. The molecule has 1 aliphatic carbocycles. The van der Waals surface area contributed by atoms with E-state index in [1.807, 2.05) is 24.3 Å². The van der Waals surface area contributed by atoms with Gasteiger partial charge in [-0.3, -0.25) is 9.69 Å². The van der Waals surface area contributed by atoms with Crippen LogP contribution in [-0.2, 0) is 11.3 Å². The van der Waals surface area contributed by atoms with Crippen LogP contribution in [0, 0.1) is 0 Å². The van der Waals surface area contributed by atoms with Crippen molar-refractivity contribution < 1.29 is 15.0 Å². The number of carbonyl (C=O) groups is 1. The van der Waals surface area contributed by atoms with E-state index < -0.39 is 11.9 Å². The molecular weight excluding hydrogens is 254 g/mol. The molecule has 0 aromatic heterocycles. The van der Waals surface area contributed by atoms with Gasteiger partial charge < -0.3 is 10.2 Å². The summed E-state index contributed by atoms with van der Waals surface area (Å²) in [4.78, 5) is 13.7. The zero-order chi connectivity index (χ0) is 14.1. The Balaban J connectivity index is 1.87. The predicted molar refractivity (Wildman–Crippen MR) is 75.5 cm³/mol. The molecule has 0 radical (unpaired) electrons. The number of carboxylic acids is 1. The molecule has 4 nitrogen and oxygen atoms in total. The summed E-state index contributed by atoms with van der Waals surface area (Å²) in [5.41, 5.74) is 2.02. The lowest BCUT2D eigenvalue weighted by molar-refractivity contribution is -0.140. The van der Waals surface area contributed by atoms with Crippen LogP contribution in [-0.4, -0.2) is 39.8 Å². The Bertz CT molecular complexity index is 502. The maximum absolute atomic E-state index is 11.5. The Labute approximate surface area is 119 Å². The van der Waals surface area contributed by atoms with Gasteiger partial charge in [0, 0.05) is 19.1 Å². The van der Waals surface area contributed by atoms with Crippen molar-refractivity contribution in [3.05, 3.63) is 35.4 Å². The van der Waals surface area contributed by atoms with Gasteiger partial charge in [-0.15, -0.1) is 0 Å². The highest BCUT2D eigenvalue weighted by molar-refractivity contribution is 5.77. The predicted octanol–water partition coefficient (Wildman–Crippen LogP) is 1.97. The van der Waals surface area contributed by atoms with Gasteiger partial charge in [-0.1, -0.05) is 37.1 Å². The Hall–Kier alpha value is -1.39. The number of nitrogens with zero attached hydrogens (tertiary/aromatic N) is 1. The molecule has 3 rings (SSSR count). The van der Waals surface area contributed by atoms with Crippen LogP contribution in [0.2, 0.25) is 0 Å². The van der Waals surface area contributed by atoms with E-state index in [4.69, 9.17) is 0 Å². The van der Waals surface area contributed by atoms with Crippen molar-refractivity contribution >= 4 is 5.97 Å². The molecule has 2 N–H and O–H groups in total. The molecule has 1 aromatic rings. The number of rotatable bonds is 2. The number of aliphatic carboxylic acids is 1. The second-order valence-electron chi connectivity index (χ2n) is 5.94. The van der Waals surface area contributed by atoms with Gasteiger partial charge in [0.05, 0.1) is 12.0 Å². The van der Waals surface area contributed by atoms with Crippen molar-refractivity contribution in [1.82, 2.24) is 4.90 Å². The smallest absolute Gasteiger partial charge is 0.312 e. The molecule has 3 atom stereocenters. The van der Waals surface area contributed by atoms with E-state index in [1.54, 1.807) is 0 Å².